The van der Waals surface area contributed by atoms with Gasteiger partial charge in [0.25, 0.3) is 0 Å². The molecule has 0 aliphatic carbocycles. The highest BCUT2D eigenvalue weighted by molar-refractivity contribution is 14.0. The fraction of sp³-hybridized carbons (Fsp3) is 0.500. The SMILES string of the molecule is CCNC(=NCc1ccnc(N2CCN(C)CC2)c1)N1CCN(c2ccc(F)cc2)CC1.I. The number of halogens is 2. The van der Waals surface area contributed by atoms with E-state index in [2.05, 4.69) is 56.0 Å². The number of nitrogens with one attached hydrogen (secondary N) is 1. The molecule has 0 bridgehead atoms. The summed E-state index contributed by atoms with van der Waals surface area (Å²) in [6.07, 6.45) is 1.90. The first-order valence-electron chi connectivity index (χ1n) is 11.5. The minimum atomic E-state index is -0.194. The van der Waals surface area contributed by atoms with Crippen LogP contribution in [0.4, 0.5) is 15.9 Å². The second-order valence-electron chi connectivity index (χ2n) is 8.43. The topological polar surface area (TPSA) is 50.2 Å². The van der Waals surface area contributed by atoms with Crippen molar-refractivity contribution >= 4 is 41.4 Å². The predicted molar refractivity (Wildman–Crippen MR) is 144 cm³/mol. The number of likely N-dealkylation sites (N-methyl/N-ethyl adjacent to an activating group) is 1. The number of piperazine rings is 2. The summed E-state index contributed by atoms with van der Waals surface area (Å²) in [5, 5.41) is 3.44. The maximum absolute atomic E-state index is 13.2. The van der Waals surface area contributed by atoms with Crippen LogP contribution in [-0.4, -0.2) is 86.7 Å². The Morgan fingerprint density at radius 1 is 0.970 bits per heavy atom. The number of aliphatic imine (C=N–C) groups is 1. The molecule has 2 aliphatic heterocycles. The Hall–Kier alpha value is -2.14. The maximum Gasteiger partial charge on any atom is 0.194 e. The average Bonchev–Trinajstić information content (AvgIpc) is 2.83. The van der Waals surface area contributed by atoms with Gasteiger partial charge in [0.15, 0.2) is 5.96 Å². The number of nitrogens with zero attached hydrogens (tertiary/aromatic N) is 6. The standard InChI is InChI=1S/C24H34FN7.HI/c1-3-26-24(32-16-14-30(15-17-32)22-6-4-21(25)5-7-22)28-19-20-8-9-27-23(18-20)31-12-10-29(2)11-13-31;/h4-9,18H,3,10-17,19H2,1-2H3,(H,26,28);1H. The molecule has 0 amide bonds. The molecule has 0 unspecified atom stereocenters. The molecule has 180 valence electrons. The predicted octanol–water partition coefficient (Wildman–Crippen LogP) is 2.88. The number of rotatable bonds is 5. The van der Waals surface area contributed by atoms with E-state index in [0.29, 0.717) is 6.54 Å². The molecular weight excluding hydrogens is 532 g/mol. The zero-order valence-corrected chi connectivity index (χ0v) is 21.9. The lowest BCUT2D eigenvalue weighted by atomic mass is 10.2. The van der Waals surface area contributed by atoms with Gasteiger partial charge >= 0.3 is 0 Å². The molecule has 33 heavy (non-hydrogen) atoms. The molecule has 0 atom stereocenters. The van der Waals surface area contributed by atoms with E-state index in [1.54, 1.807) is 0 Å². The molecule has 9 heteroatoms. The van der Waals surface area contributed by atoms with Gasteiger partial charge in [-0.15, -0.1) is 24.0 Å². The molecule has 2 fully saturated rings. The molecular formula is C24H35FIN7. The van der Waals surface area contributed by atoms with Gasteiger partial charge in [-0.2, -0.15) is 0 Å². The van der Waals surface area contributed by atoms with Crippen LogP contribution in [0.5, 0.6) is 0 Å². The van der Waals surface area contributed by atoms with Crippen LogP contribution in [0.25, 0.3) is 0 Å². The van der Waals surface area contributed by atoms with Crippen molar-refractivity contribution < 1.29 is 4.39 Å². The summed E-state index contributed by atoms with van der Waals surface area (Å²) < 4.78 is 13.2. The van der Waals surface area contributed by atoms with Crippen molar-refractivity contribution in [1.82, 2.24) is 20.1 Å². The summed E-state index contributed by atoms with van der Waals surface area (Å²) in [5.74, 6) is 1.80. The number of anilines is 2. The maximum atomic E-state index is 13.2. The van der Waals surface area contributed by atoms with E-state index in [1.807, 2.05) is 18.3 Å². The zero-order valence-electron chi connectivity index (χ0n) is 19.6. The van der Waals surface area contributed by atoms with Gasteiger partial charge in [0.2, 0.25) is 0 Å². The Kier molecular flexibility index (Phi) is 9.54. The van der Waals surface area contributed by atoms with Crippen LogP contribution >= 0.6 is 24.0 Å². The van der Waals surface area contributed by atoms with E-state index in [4.69, 9.17) is 4.99 Å². The van der Waals surface area contributed by atoms with E-state index >= 15 is 0 Å². The van der Waals surface area contributed by atoms with Crippen molar-refractivity contribution in [2.75, 3.05) is 75.8 Å². The summed E-state index contributed by atoms with van der Waals surface area (Å²) >= 11 is 0. The second-order valence-corrected chi connectivity index (χ2v) is 8.43. The lowest BCUT2D eigenvalue weighted by molar-refractivity contribution is 0.312. The van der Waals surface area contributed by atoms with E-state index in [-0.39, 0.29) is 29.8 Å². The monoisotopic (exact) mass is 567 g/mol. The number of guanidine groups is 1. The first kappa shape index (κ1) is 25.5. The summed E-state index contributed by atoms with van der Waals surface area (Å²) in [4.78, 5) is 18.8. The van der Waals surface area contributed by atoms with Gasteiger partial charge < -0.3 is 24.9 Å². The summed E-state index contributed by atoms with van der Waals surface area (Å²) in [6, 6.07) is 11.0. The Morgan fingerprint density at radius 3 is 2.30 bits per heavy atom. The van der Waals surface area contributed by atoms with E-state index in [1.165, 1.54) is 17.7 Å². The minimum Gasteiger partial charge on any atom is -0.368 e. The van der Waals surface area contributed by atoms with Gasteiger partial charge in [-0.05, 0) is 55.9 Å². The van der Waals surface area contributed by atoms with Gasteiger partial charge in [-0.1, -0.05) is 0 Å². The van der Waals surface area contributed by atoms with Crippen molar-refractivity contribution in [1.29, 1.82) is 0 Å². The number of aromatic nitrogens is 1. The third-order valence-electron chi connectivity index (χ3n) is 6.15. The quantitative estimate of drug-likeness (QED) is 0.341. The molecule has 0 spiro atoms. The van der Waals surface area contributed by atoms with Crippen LogP contribution in [0.2, 0.25) is 0 Å². The lowest BCUT2D eigenvalue weighted by Crippen LogP contribution is -2.52. The molecule has 0 saturated carbocycles. The van der Waals surface area contributed by atoms with Crippen molar-refractivity contribution in [3.63, 3.8) is 0 Å². The van der Waals surface area contributed by atoms with Gasteiger partial charge in [0.1, 0.15) is 11.6 Å². The van der Waals surface area contributed by atoms with Crippen LogP contribution in [0.3, 0.4) is 0 Å². The fourth-order valence-electron chi connectivity index (χ4n) is 4.19. The molecule has 1 N–H and O–H groups in total. The molecule has 1 aromatic heterocycles. The molecule has 0 radical (unpaired) electrons. The highest BCUT2D eigenvalue weighted by atomic mass is 127. The number of pyridine rings is 1. The Balaban J connectivity index is 0.00000306. The van der Waals surface area contributed by atoms with E-state index < -0.39 is 0 Å². The first-order chi connectivity index (χ1) is 15.6. The van der Waals surface area contributed by atoms with Crippen LogP contribution in [-0.2, 0) is 6.54 Å². The largest absolute Gasteiger partial charge is 0.368 e. The number of benzene rings is 1. The Bertz CT molecular complexity index is 892. The molecule has 4 rings (SSSR count). The normalized spacial score (nSPS) is 17.7. The van der Waals surface area contributed by atoms with Crippen LogP contribution in [0.15, 0.2) is 47.6 Å². The lowest BCUT2D eigenvalue weighted by Gasteiger charge is -2.37. The van der Waals surface area contributed by atoms with Crippen LogP contribution in [0.1, 0.15) is 12.5 Å². The molecule has 2 aliphatic rings. The molecule has 7 nitrogen and oxygen atoms in total. The van der Waals surface area contributed by atoms with Crippen LogP contribution in [0, 0.1) is 5.82 Å². The van der Waals surface area contributed by atoms with Gasteiger partial charge in [0, 0.05) is 70.8 Å². The molecule has 1 aromatic carbocycles. The van der Waals surface area contributed by atoms with E-state index in [0.717, 1.165) is 76.4 Å². The number of hydrogen-bond acceptors (Lipinski definition) is 5. The van der Waals surface area contributed by atoms with E-state index in [9.17, 15) is 4.39 Å². The van der Waals surface area contributed by atoms with Crippen LogP contribution < -0.4 is 15.1 Å². The highest BCUT2D eigenvalue weighted by Crippen LogP contribution is 2.18. The van der Waals surface area contributed by atoms with Crippen molar-refractivity contribution in [2.24, 2.45) is 4.99 Å². The van der Waals surface area contributed by atoms with Crippen molar-refractivity contribution in [3.05, 3.63) is 54.0 Å². The van der Waals surface area contributed by atoms with Gasteiger partial charge in [0.05, 0.1) is 6.54 Å². The third kappa shape index (κ3) is 6.92. The smallest absolute Gasteiger partial charge is 0.194 e. The minimum absolute atomic E-state index is 0. The fourth-order valence-corrected chi connectivity index (χ4v) is 4.19. The van der Waals surface area contributed by atoms with Crippen molar-refractivity contribution in [2.45, 2.75) is 13.5 Å². The third-order valence-corrected chi connectivity index (χ3v) is 6.15. The Labute approximate surface area is 213 Å². The summed E-state index contributed by atoms with van der Waals surface area (Å²) in [6.45, 7) is 11.3. The Morgan fingerprint density at radius 2 is 1.64 bits per heavy atom. The molecule has 2 aromatic rings. The van der Waals surface area contributed by atoms with Gasteiger partial charge in [-0.25, -0.2) is 14.4 Å². The summed E-state index contributed by atoms with van der Waals surface area (Å²) in [5.41, 5.74) is 2.25. The average molecular weight is 567 g/mol. The number of hydrogen-bond donors (Lipinski definition) is 1. The van der Waals surface area contributed by atoms with Gasteiger partial charge in [-0.3, -0.25) is 0 Å². The second kappa shape index (κ2) is 12.4. The first-order valence-corrected chi connectivity index (χ1v) is 11.5. The van der Waals surface area contributed by atoms with Crippen molar-refractivity contribution in [3.8, 4) is 0 Å². The highest BCUT2D eigenvalue weighted by Gasteiger charge is 2.20. The molecule has 3 heterocycles. The molecule has 2 saturated heterocycles. The summed E-state index contributed by atoms with van der Waals surface area (Å²) in [7, 11) is 2.16. The zero-order chi connectivity index (χ0) is 22.3.